The molecule has 1 aliphatic heterocycles. The van der Waals surface area contributed by atoms with E-state index in [1.54, 1.807) is 5.57 Å². The zero-order chi connectivity index (χ0) is 8.27. The van der Waals surface area contributed by atoms with Crippen LogP contribution < -0.4 is 0 Å². The molecule has 0 amide bonds. The summed E-state index contributed by atoms with van der Waals surface area (Å²) >= 11 is 0. The van der Waals surface area contributed by atoms with Crippen LogP contribution in [-0.2, 0) is 0 Å². The van der Waals surface area contributed by atoms with Gasteiger partial charge in [0, 0.05) is 12.6 Å². The van der Waals surface area contributed by atoms with Crippen molar-refractivity contribution in [2.24, 2.45) is 0 Å². The highest BCUT2D eigenvalue weighted by atomic mass is 15.1. The Morgan fingerprint density at radius 3 is 2.82 bits per heavy atom. The van der Waals surface area contributed by atoms with Crippen LogP contribution in [0.5, 0.6) is 0 Å². The Morgan fingerprint density at radius 2 is 2.18 bits per heavy atom. The Balaban J connectivity index is 2.46. The number of nitrogens with zero attached hydrogens (tertiary/aromatic N) is 1. The molecule has 1 heterocycles. The monoisotopic (exact) mass is 153 g/mol. The van der Waals surface area contributed by atoms with E-state index >= 15 is 0 Å². The summed E-state index contributed by atoms with van der Waals surface area (Å²) in [5.41, 5.74) is 1.56. The first-order chi connectivity index (χ1) is 5.20. The summed E-state index contributed by atoms with van der Waals surface area (Å²) in [6, 6.07) is 0.706. The fraction of sp³-hybridized carbons (Fsp3) is 0.800. The molecule has 11 heavy (non-hydrogen) atoms. The van der Waals surface area contributed by atoms with Crippen molar-refractivity contribution in [3.05, 3.63) is 11.6 Å². The summed E-state index contributed by atoms with van der Waals surface area (Å²) in [5, 5.41) is 0. The Kier molecular flexibility index (Phi) is 3.13. The molecule has 0 bridgehead atoms. The average molecular weight is 153 g/mol. The van der Waals surface area contributed by atoms with E-state index in [2.05, 4.69) is 31.7 Å². The third-order valence-electron chi connectivity index (χ3n) is 2.42. The maximum Gasteiger partial charge on any atom is 0.0168 e. The molecule has 0 radical (unpaired) electrons. The molecular formula is C10H19N. The van der Waals surface area contributed by atoms with Gasteiger partial charge in [0.25, 0.3) is 0 Å². The zero-order valence-electron chi connectivity index (χ0n) is 7.93. The van der Waals surface area contributed by atoms with Gasteiger partial charge in [0.2, 0.25) is 0 Å². The molecule has 1 nitrogen and oxygen atoms in total. The van der Waals surface area contributed by atoms with E-state index in [4.69, 9.17) is 0 Å². The van der Waals surface area contributed by atoms with Crippen molar-refractivity contribution in [2.45, 2.75) is 39.7 Å². The van der Waals surface area contributed by atoms with Crippen molar-refractivity contribution < 1.29 is 0 Å². The van der Waals surface area contributed by atoms with Gasteiger partial charge in [-0.15, -0.1) is 0 Å². The Bertz CT molecular complexity index is 147. The summed E-state index contributed by atoms with van der Waals surface area (Å²) in [7, 11) is 0. The van der Waals surface area contributed by atoms with E-state index in [9.17, 15) is 0 Å². The molecule has 0 unspecified atom stereocenters. The van der Waals surface area contributed by atoms with Crippen LogP contribution in [0.3, 0.4) is 0 Å². The largest absolute Gasteiger partial charge is 0.297 e. The smallest absolute Gasteiger partial charge is 0.0168 e. The molecule has 0 N–H and O–H groups in total. The van der Waals surface area contributed by atoms with E-state index in [0.29, 0.717) is 6.04 Å². The first kappa shape index (κ1) is 8.79. The topological polar surface area (TPSA) is 3.24 Å². The molecule has 1 heteroatoms. The van der Waals surface area contributed by atoms with E-state index in [1.165, 1.54) is 19.4 Å². The lowest BCUT2D eigenvalue weighted by Gasteiger charge is -2.23. The van der Waals surface area contributed by atoms with E-state index in [1.807, 2.05) is 0 Å². The number of hydrogen-bond donors (Lipinski definition) is 0. The van der Waals surface area contributed by atoms with E-state index in [0.717, 1.165) is 6.54 Å². The summed E-state index contributed by atoms with van der Waals surface area (Å²) in [6.45, 7) is 9.21. The molecule has 0 spiro atoms. The molecule has 0 aromatic carbocycles. The van der Waals surface area contributed by atoms with Gasteiger partial charge in [0.1, 0.15) is 0 Å². The van der Waals surface area contributed by atoms with Crippen LogP contribution >= 0.6 is 0 Å². The highest BCUT2D eigenvalue weighted by molar-refractivity contribution is 5.01. The van der Waals surface area contributed by atoms with Crippen molar-refractivity contribution >= 4 is 0 Å². The van der Waals surface area contributed by atoms with Crippen LogP contribution in [0.2, 0.25) is 0 Å². The Hall–Kier alpha value is -0.300. The van der Waals surface area contributed by atoms with E-state index in [-0.39, 0.29) is 0 Å². The number of allylic oxidation sites excluding steroid dienone is 1. The standard InChI is InChI=1S/C10H19N/c1-9(2)11-7-4-5-10(3)6-8-11/h6,9H,4-5,7-8H2,1-3H3. The molecule has 64 valence electrons. The third kappa shape index (κ3) is 2.66. The predicted molar refractivity (Wildman–Crippen MR) is 49.7 cm³/mol. The van der Waals surface area contributed by atoms with Gasteiger partial charge in [-0.2, -0.15) is 0 Å². The average Bonchev–Trinajstić information content (AvgIpc) is 2.13. The van der Waals surface area contributed by atoms with Crippen LogP contribution in [0.4, 0.5) is 0 Å². The molecule has 0 saturated heterocycles. The van der Waals surface area contributed by atoms with Gasteiger partial charge < -0.3 is 0 Å². The van der Waals surface area contributed by atoms with Gasteiger partial charge in [-0.05, 0) is 40.2 Å². The fourth-order valence-corrected chi connectivity index (χ4v) is 1.50. The van der Waals surface area contributed by atoms with Gasteiger partial charge in [0.05, 0.1) is 0 Å². The molecular weight excluding hydrogens is 134 g/mol. The van der Waals surface area contributed by atoms with Gasteiger partial charge in [-0.3, -0.25) is 4.90 Å². The summed E-state index contributed by atoms with van der Waals surface area (Å²) < 4.78 is 0. The van der Waals surface area contributed by atoms with Crippen molar-refractivity contribution in [1.29, 1.82) is 0 Å². The molecule has 1 rings (SSSR count). The summed E-state index contributed by atoms with van der Waals surface area (Å²) in [4.78, 5) is 2.52. The maximum absolute atomic E-state index is 2.52. The van der Waals surface area contributed by atoms with Crippen LogP contribution in [0.15, 0.2) is 11.6 Å². The van der Waals surface area contributed by atoms with Crippen LogP contribution in [0.1, 0.15) is 33.6 Å². The second-order valence-electron chi connectivity index (χ2n) is 3.74. The van der Waals surface area contributed by atoms with Crippen molar-refractivity contribution in [3.63, 3.8) is 0 Å². The minimum absolute atomic E-state index is 0.706. The molecule has 0 saturated carbocycles. The minimum atomic E-state index is 0.706. The fourth-order valence-electron chi connectivity index (χ4n) is 1.50. The highest BCUT2D eigenvalue weighted by Gasteiger charge is 2.09. The number of rotatable bonds is 1. The quantitative estimate of drug-likeness (QED) is 0.523. The molecule has 0 fully saturated rings. The van der Waals surface area contributed by atoms with Gasteiger partial charge in [-0.1, -0.05) is 11.6 Å². The SMILES string of the molecule is CC1=CCN(C(C)C)CCC1. The van der Waals surface area contributed by atoms with Gasteiger partial charge in [-0.25, -0.2) is 0 Å². The minimum Gasteiger partial charge on any atom is -0.297 e. The molecule has 1 aliphatic rings. The van der Waals surface area contributed by atoms with Crippen molar-refractivity contribution in [2.75, 3.05) is 13.1 Å². The predicted octanol–water partition coefficient (Wildman–Crippen LogP) is 2.44. The zero-order valence-corrected chi connectivity index (χ0v) is 7.93. The Labute approximate surface area is 70.1 Å². The Morgan fingerprint density at radius 1 is 1.45 bits per heavy atom. The normalized spacial score (nSPS) is 21.6. The summed E-state index contributed by atoms with van der Waals surface area (Å²) in [5.74, 6) is 0. The first-order valence-corrected chi connectivity index (χ1v) is 4.60. The van der Waals surface area contributed by atoms with Crippen LogP contribution in [-0.4, -0.2) is 24.0 Å². The molecule has 0 aliphatic carbocycles. The lowest BCUT2D eigenvalue weighted by molar-refractivity contribution is 0.248. The van der Waals surface area contributed by atoms with Crippen LogP contribution in [0.25, 0.3) is 0 Å². The van der Waals surface area contributed by atoms with Gasteiger partial charge >= 0.3 is 0 Å². The molecule has 0 atom stereocenters. The lowest BCUT2D eigenvalue weighted by Crippen LogP contribution is -2.31. The molecule has 0 aromatic rings. The summed E-state index contributed by atoms with van der Waals surface area (Å²) in [6.07, 6.45) is 5.00. The third-order valence-corrected chi connectivity index (χ3v) is 2.42. The number of hydrogen-bond acceptors (Lipinski definition) is 1. The lowest BCUT2D eigenvalue weighted by atomic mass is 10.2. The second kappa shape index (κ2) is 3.91. The highest BCUT2D eigenvalue weighted by Crippen LogP contribution is 2.12. The first-order valence-electron chi connectivity index (χ1n) is 4.60. The van der Waals surface area contributed by atoms with Crippen molar-refractivity contribution in [3.8, 4) is 0 Å². The van der Waals surface area contributed by atoms with Crippen LogP contribution in [0, 0.1) is 0 Å². The van der Waals surface area contributed by atoms with Gasteiger partial charge in [0.15, 0.2) is 0 Å². The second-order valence-corrected chi connectivity index (χ2v) is 3.74. The van der Waals surface area contributed by atoms with E-state index < -0.39 is 0 Å². The molecule has 0 aromatic heterocycles. The maximum atomic E-state index is 2.52. The van der Waals surface area contributed by atoms with Crippen molar-refractivity contribution in [1.82, 2.24) is 4.90 Å².